The molecule has 2 atom stereocenters. The van der Waals surface area contributed by atoms with E-state index in [0.29, 0.717) is 6.04 Å². The minimum absolute atomic E-state index is 0.677. The van der Waals surface area contributed by atoms with Crippen LogP contribution in [0.5, 0.6) is 0 Å². The molecule has 120 valence electrons. The van der Waals surface area contributed by atoms with Crippen molar-refractivity contribution in [2.75, 3.05) is 40.8 Å². The molecule has 1 aliphatic carbocycles. The average molecular weight is 284 g/mol. The smallest absolute Gasteiger partial charge is 0.0249 e. The van der Waals surface area contributed by atoms with Gasteiger partial charge in [0, 0.05) is 31.7 Å². The van der Waals surface area contributed by atoms with Gasteiger partial charge in [0.2, 0.25) is 0 Å². The van der Waals surface area contributed by atoms with E-state index in [1.165, 1.54) is 58.2 Å². The van der Waals surface area contributed by atoms with Crippen LogP contribution in [-0.4, -0.2) is 62.7 Å². The van der Waals surface area contributed by atoms with Crippen LogP contribution in [-0.2, 0) is 0 Å². The highest BCUT2D eigenvalue weighted by atomic mass is 15.2. The third-order valence-corrected chi connectivity index (χ3v) is 4.50. The van der Waals surface area contributed by atoms with Gasteiger partial charge in [-0.3, -0.25) is 4.90 Å². The van der Waals surface area contributed by atoms with E-state index >= 15 is 0 Å². The van der Waals surface area contributed by atoms with E-state index in [4.69, 9.17) is 0 Å². The molecule has 1 fully saturated rings. The highest BCUT2D eigenvalue weighted by molar-refractivity contribution is 4.86. The van der Waals surface area contributed by atoms with Gasteiger partial charge in [-0.2, -0.15) is 0 Å². The van der Waals surface area contributed by atoms with Gasteiger partial charge in [-0.15, -0.1) is 0 Å². The van der Waals surface area contributed by atoms with Gasteiger partial charge >= 0.3 is 0 Å². The first-order chi connectivity index (χ1) is 9.54. The van der Waals surface area contributed by atoms with Crippen LogP contribution in [0.25, 0.3) is 0 Å². The Morgan fingerprint density at radius 1 is 1.00 bits per heavy atom. The lowest BCUT2D eigenvalue weighted by molar-refractivity contribution is 0.113. The van der Waals surface area contributed by atoms with Gasteiger partial charge in [0.1, 0.15) is 0 Å². The van der Waals surface area contributed by atoms with Crippen LogP contribution in [0.3, 0.4) is 0 Å². The number of hydrogen-bond donors (Lipinski definition) is 1. The highest BCUT2D eigenvalue weighted by Gasteiger charge is 2.27. The lowest BCUT2D eigenvalue weighted by atomic mass is 9.90. The maximum Gasteiger partial charge on any atom is 0.0249 e. The molecule has 3 heteroatoms. The van der Waals surface area contributed by atoms with E-state index in [2.05, 4.69) is 50.1 Å². The maximum atomic E-state index is 3.61. The van der Waals surface area contributed by atoms with E-state index in [1.54, 1.807) is 0 Å². The average Bonchev–Trinajstić information content (AvgIpc) is 2.34. The topological polar surface area (TPSA) is 18.5 Å². The molecule has 2 unspecified atom stereocenters. The molecule has 0 bridgehead atoms. The fourth-order valence-corrected chi connectivity index (χ4v) is 3.43. The zero-order chi connectivity index (χ0) is 15.0. The molecule has 0 saturated heterocycles. The standard InChI is InChI=1S/C17H37N3/c1-15(2)14-20(13-12-19(4)5)17-11-9-7-6-8-10-16(17)18-3/h15-18H,6-14H2,1-5H3. The van der Waals surface area contributed by atoms with E-state index < -0.39 is 0 Å². The van der Waals surface area contributed by atoms with Gasteiger partial charge in [0.05, 0.1) is 0 Å². The summed E-state index contributed by atoms with van der Waals surface area (Å²) in [6.45, 7) is 8.30. The molecule has 3 nitrogen and oxygen atoms in total. The van der Waals surface area contributed by atoms with Crippen molar-refractivity contribution in [2.45, 2.75) is 64.5 Å². The predicted molar refractivity (Wildman–Crippen MR) is 89.3 cm³/mol. The Labute approximate surface area is 127 Å². The number of nitrogens with one attached hydrogen (secondary N) is 1. The van der Waals surface area contributed by atoms with E-state index in [9.17, 15) is 0 Å². The van der Waals surface area contributed by atoms with Gasteiger partial charge in [-0.1, -0.05) is 39.5 Å². The van der Waals surface area contributed by atoms with Crippen molar-refractivity contribution in [3.63, 3.8) is 0 Å². The molecule has 1 rings (SSSR count). The molecule has 0 aromatic carbocycles. The minimum Gasteiger partial charge on any atom is -0.315 e. The normalized spacial score (nSPS) is 25.2. The summed E-state index contributed by atoms with van der Waals surface area (Å²) in [7, 11) is 6.52. The molecule has 0 aromatic rings. The molecule has 0 amide bonds. The van der Waals surface area contributed by atoms with Crippen LogP contribution in [0.4, 0.5) is 0 Å². The van der Waals surface area contributed by atoms with Gasteiger partial charge in [0.15, 0.2) is 0 Å². The summed E-state index contributed by atoms with van der Waals surface area (Å²) < 4.78 is 0. The Morgan fingerprint density at radius 2 is 1.65 bits per heavy atom. The summed E-state index contributed by atoms with van der Waals surface area (Å²) in [5.74, 6) is 0.750. The van der Waals surface area contributed by atoms with Crippen LogP contribution in [0.2, 0.25) is 0 Å². The molecule has 0 aliphatic heterocycles. The lowest BCUT2D eigenvalue weighted by Crippen LogP contribution is -2.52. The Balaban J connectivity index is 2.70. The molecular weight excluding hydrogens is 246 g/mol. The van der Waals surface area contributed by atoms with Crippen molar-refractivity contribution in [1.29, 1.82) is 0 Å². The molecule has 1 saturated carbocycles. The quantitative estimate of drug-likeness (QED) is 0.775. The van der Waals surface area contributed by atoms with Crippen molar-refractivity contribution in [3.05, 3.63) is 0 Å². The Bertz CT molecular complexity index is 240. The van der Waals surface area contributed by atoms with Gasteiger partial charge in [-0.25, -0.2) is 0 Å². The van der Waals surface area contributed by atoms with Crippen LogP contribution < -0.4 is 5.32 Å². The Kier molecular flexibility index (Phi) is 8.74. The number of hydrogen-bond acceptors (Lipinski definition) is 3. The number of likely N-dealkylation sites (N-methyl/N-ethyl adjacent to an activating group) is 2. The second-order valence-electron chi connectivity index (χ2n) is 7.15. The molecule has 0 spiro atoms. The molecular formula is C17H37N3. The summed E-state index contributed by atoms with van der Waals surface area (Å²) in [4.78, 5) is 5.07. The second-order valence-corrected chi connectivity index (χ2v) is 7.15. The van der Waals surface area contributed by atoms with Crippen molar-refractivity contribution in [2.24, 2.45) is 5.92 Å². The van der Waals surface area contributed by atoms with Gasteiger partial charge in [-0.05, 0) is 39.9 Å². The van der Waals surface area contributed by atoms with Crippen LogP contribution in [0, 0.1) is 5.92 Å². The molecule has 0 heterocycles. The molecule has 1 N–H and O–H groups in total. The fourth-order valence-electron chi connectivity index (χ4n) is 3.43. The van der Waals surface area contributed by atoms with E-state index in [-0.39, 0.29) is 0 Å². The molecule has 1 aliphatic rings. The number of nitrogens with zero attached hydrogens (tertiary/aromatic N) is 2. The second kappa shape index (κ2) is 9.75. The number of rotatable bonds is 7. The lowest BCUT2D eigenvalue weighted by Gasteiger charge is -2.40. The summed E-state index contributed by atoms with van der Waals surface area (Å²) in [5, 5.41) is 3.61. The van der Waals surface area contributed by atoms with Crippen molar-refractivity contribution in [1.82, 2.24) is 15.1 Å². The first kappa shape index (κ1) is 17.9. The third kappa shape index (κ3) is 6.55. The molecule has 0 aromatic heterocycles. The van der Waals surface area contributed by atoms with Crippen molar-refractivity contribution < 1.29 is 0 Å². The maximum absolute atomic E-state index is 3.61. The van der Waals surface area contributed by atoms with Crippen LogP contribution in [0.1, 0.15) is 52.4 Å². The van der Waals surface area contributed by atoms with E-state index in [1.807, 2.05) is 0 Å². The molecule has 0 radical (unpaired) electrons. The largest absolute Gasteiger partial charge is 0.315 e. The zero-order valence-electron chi connectivity index (χ0n) is 14.5. The molecule has 20 heavy (non-hydrogen) atoms. The monoisotopic (exact) mass is 283 g/mol. The summed E-state index contributed by atoms with van der Waals surface area (Å²) in [6.07, 6.45) is 8.36. The van der Waals surface area contributed by atoms with Gasteiger partial charge < -0.3 is 10.2 Å². The van der Waals surface area contributed by atoms with Gasteiger partial charge in [0.25, 0.3) is 0 Å². The third-order valence-electron chi connectivity index (χ3n) is 4.50. The summed E-state index contributed by atoms with van der Waals surface area (Å²) >= 11 is 0. The van der Waals surface area contributed by atoms with Crippen molar-refractivity contribution in [3.8, 4) is 0 Å². The highest BCUT2D eigenvalue weighted by Crippen LogP contribution is 2.22. The van der Waals surface area contributed by atoms with Crippen LogP contribution in [0.15, 0.2) is 0 Å². The SMILES string of the molecule is CNC1CCCCCCC1N(CCN(C)C)CC(C)C. The Morgan fingerprint density at radius 3 is 2.20 bits per heavy atom. The fraction of sp³-hybridized carbons (Fsp3) is 1.00. The van der Waals surface area contributed by atoms with E-state index in [0.717, 1.165) is 12.0 Å². The minimum atomic E-state index is 0.677. The summed E-state index contributed by atoms with van der Waals surface area (Å²) in [5.41, 5.74) is 0. The predicted octanol–water partition coefficient (Wildman–Crippen LogP) is 2.82. The first-order valence-corrected chi connectivity index (χ1v) is 8.60. The first-order valence-electron chi connectivity index (χ1n) is 8.60. The van der Waals surface area contributed by atoms with Crippen molar-refractivity contribution >= 4 is 0 Å². The zero-order valence-corrected chi connectivity index (χ0v) is 14.5. The summed E-state index contributed by atoms with van der Waals surface area (Å²) in [6, 6.07) is 1.40. The van der Waals surface area contributed by atoms with Crippen LogP contribution >= 0.6 is 0 Å². The Hall–Kier alpha value is -0.120.